The zero-order chi connectivity index (χ0) is 26.4. The monoisotopic (exact) mass is 518 g/mol. The van der Waals surface area contributed by atoms with Gasteiger partial charge >= 0.3 is 0 Å². The van der Waals surface area contributed by atoms with E-state index in [1.807, 2.05) is 0 Å². The summed E-state index contributed by atoms with van der Waals surface area (Å²) in [7, 11) is 0. The number of aliphatic hydroxyl groups excluding tert-OH is 10. The Hall–Kier alpha value is -0.600. The Balaban J connectivity index is 2.13. The van der Waals surface area contributed by atoms with Crippen molar-refractivity contribution in [3.63, 3.8) is 0 Å². The molecule has 2 aliphatic rings. The molecule has 0 radical (unpaired) electrons. The van der Waals surface area contributed by atoms with E-state index in [-0.39, 0.29) is 6.61 Å². The standard InChI is InChI=1S/C20H38O15/c1-7(3-21)18(30)32-9(4-22)8(2)31-20-16(29)17(13(26)11(6-24)34-20)35-19-15(28)14(27)12(25)10(5-23)33-19/h7-30H,3-6H2,1-2H3/t7-,8-,9?,10?,11?,12-,13-,14-,15?,16-,17?,18+,19-,20+/m0/s1. The predicted molar refractivity (Wildman–Crippen MR) is 111 cm³/mol. The van der Waals surface area contributed by atoms with Crippen molar-refractivity contribution in [1.82, 2.24) is 0 Å². The number of aliphatic hydroxyl groups is 10. The van der Waals surface area contributed by atoms with Gasteiger partial charge in [0, 0.05) is 5.92 Å². The molecule has 2 fully saturated rings. The van der Waals surface area contributed by atoms with Crippen molar-refractivity contribution in [3.8, 4) is 0 Å². The summed E-state index contributed by atoms with van der Waals surface area (Å²) in [4.78, 5) is 0. The minimum absolute atomic E-state index is 0.383. The molecule has 2 aliphatic heterocycles. The van der Waals surface area contributed by atoms with Gasteiger partial charge < -0.3 is 74.7 Å². The van der Waals surface area contributed by atoms with Gasteiger partial charge in [0.15, 0.2) is 18.9 Å². The van der Waals surface area contributed by atoms with E-state index < -0.39 is 106 Å². The highest BCUT2D eigenvalue weighted by atomic mass is 16.7. The van der Waals surface area contributed by atoms with Crippen LogP contribution in [0.15, 0.2) is 0 Å². The normalized spacial score (nSPS) is 41.8. The van der Waals surface area contributed by atoms with Gasteiger partial charge in [-0.1, -0.05) is 6.92 Å². The molecular formula is C20H38O15. The van der Waals surface area contributed by atoms with Crippen molar-refractivity contribution in [2.24, 2.45) is 5.92 Å². The Kier molecular flexibility index (Phi) is 12.1. The first-order valence-corrected chi connectivity index (χ1v) is 11.3. The lowest BCUT2D eigenvalue weighted by molar-refractivity contribution is -0.366. The van der Waals surface area contributed by atoms with Crippen molar-refractivity contribution < 1.29 is 74.7 Å². The SMILES string of the molecule is C[C@H](O[C@@H]1OC(CO)[C@H](O)C(O[C@@H]2OC(CO)[C@H](O)[C@H](O)C2O)[C@@H]1O)C(CO)O[C@@H](O)[C@@H](C)CO. The first-order chi connectivity index (χ1) is 16.5. The van der Waals surface area contributed by atoms with E-state index in [9.17, 15) is 46.0 Å². The zero-order valence-corrected chi connectivity index (χ0v) is 19.4. The van der Waals surface area contributed by atoms with E-state index in [0.717, 1.165) is 0 Å². The fraction of sp³-hybridized carbons (Fsp3) is 1.00. The van der Waals surface area contributed by atoms with Gasteiger partial charge in [0.25, 0.3) is 0 Å². The van der Waals surface area contributed by atoms with Crippen LogP contribution in [0.25, 0.3) is 0 Å². The third-order valence-corrected chi connectivity index (χ3v) is 6.10. The number of ether oxygens (including phenoxy) is 5. The lowest BCUT2D eigenvalue weighted by atomic mass is 9.97. The molecule has 14 atom stereocenters. The van der Waals surface area contributed by atoms with Gasteiger partial charge in [-0.25, -0.2) is 0 Å². The molecule has 0 aromatic carbocycles. The maximum Gasteiger partial charge on any atom is 0.187 e. The van der Waals surface area contributed by atoms with E-state index in [2.05, 4.69) is 0 Å². The minimum Gasteiger partial charge on any atom is -0.396 e. The highest BCUT2D eigenvalue weighted by molar-refractivity contribution is 4.94. The smallest absolute Gasteiger partial charge is 0.187 e. The second-order valence-corrected chi connectivity index (χ2v) is 8.75. The maximum atomic E-state index is 10.8. The lowest BCUT2D eigenvalue weighted by Crippen LogP contribution is -2.65. The van der Waals surface area contributed by atoms with E-state index in [0.29, 0.717) is 0 Å². The Morgan fingerprint density at radius 1 is 0.714 bits per heavy atom. The van der Waals surface area contributed by atoms with Crippen LogP contribution < -0.4 is 0 Å². The Labute approximate surface area is 201 Å². The summed E-state index contributed by atoms with van der Waals surface area (Å²) in [6.07, 6.45) is -19.7. The van der Waals surface area contributed by atoms with Gasteiger partial charge in [-0.2, -0.15) is 0 Å². The van der Waals surface area contributed by atoms with Gasteiger partial charge in [0.1, 0.15) is 54.9 Å². The molecule has 15 nitrogen and oxygen atoms in total. The first kappa shape index (κ1) is 30.6. The molecule has 2 heterocycles. The van der Waals surface area contributed by atoms with Crippen LogP contribution in [0.4, 0.5) is 0 Å². The van der Waals surface area contributed by atoms with E-state index in [1.165, 1.54) is 13.8 Å². The quantitative estimate of drug-likeness (QED) is 0.108. The molecule has 0 bridgehead atoms. The molecule has 2 saturated heterocycles. The molecule has 208 valence electrons. The highest BCUT2D eigenvalue weighted by Gasteiger charge is 2.51. The second kappa shape index (κ2) is 13.8. The van der Waals surface area contributed by atoms with Crippen LogP contribution in [0.2, 0.25) is 0 Å². The molecule has 15 heteroatoms. The summed E-state index contributed by atoms with van der Waals surface area (Å²) < 4.78 is 27.0. The van der Waals surface area contributed by atoms with Crippen LogP contribution in [0, 0.1) is 5.92 Å². The highest BCUT2D eigenvalue weighted by Crippen LogP contribution is 2.30. The number of hydrogen-bond donors (Lipinski definition) is 10. The molecule has 0 amide bonds. The third kappa shape index (κ3) is 7.25. The molecule has 0 aliphatic carbocycles. The molecule has 35 heavy (non-hydrogen) atoms. The predicted octanol–water partition coefficient (Wildman–Crippen LogP) is -5.66. The summed E-state index contributed by atoms with van der Waals surface area (Å²) in [6, 6.07) is 0. The van der Waals surface area contributed by atoms with Crippen LogP contribution in [0.3, 0.4) is 0 Å². The Bertz CT molecular complexity index is 611. The van der Waals surface area contributed by atoms with Gasteiger partial charge in [-0.05, 0) is 6.92 Å². The van der Waals surface area contributed by atoms with E-state index in [4.69, 9.17) is 28.8 Å². The summed E-state index contributed by atoms with van der Waals surface area (Å²) in [6.45, 7) is 0.480. The van der Waals surface area contributed by atoms with Gasteiger partial charge in [-0.15, -0.1) is 0 Å². The lowest BCUT2D eigenvalue weighted by Gasteiger charge is -2.46. The van der Waals surface area contributed by atoms with Crippen LogP contribution in [0.1, 0.15) is 13.8 Å². The largest absolute Gasteiger partial charge is 0.396 e. The molecule has 0 saturated carbocycles. The van der Waals surface area contributed by atoms with Crippen LogP contribution in [-0.4, -0.2) is 157 Å². The summed E-state index contributed by atoms with van der Waals surface area (Å²) in [5.74, 6) is -0.669. The van der Waals surface area contributed by atoms with Gasteiger partial charge in [-0.3, -0.25) is 0 Å². The molecule has 2 rings (SSSR count). The van der Waals surface area contributed by atoms with Crippen LogP contribution in [-0.2, 0) is 23.7 Å². The molecule has 5 unspecified atom stereocenters. The van der Waals surface area contributed by atoms with Crippen LogP contribution in [0.5, 0.6) is 0 Å². The van der Waals surface area contributed by atoms with Crippen LogP contribution >= 0.6 is 0 Å². The number of hydrogen-bond acceptors (Lipinski definition) is 15. The van der Waals surface area contributed by atoms with E-state index in [1.54, 1.807) is 0 Å². The van der Waals surface area contributed by atoms with Crippen molar-refractivity contribution in [2.75, 3.05) is 26.4 Å². The number of rotatable bonds is 12. The fourth-order valence-electron chi connectivity index (χ4n) is 3.67. The molecule has 10 N–H and O–H groups in total. The summed E-state index contributed by atoms with van der Waals surface area (Å²) in [5.41, 5.74) is 0. The third-order valence-electron chi connectivity index (χ3n) is 6.10. The van der Waals surface area contributed by atoms with Crippen molar-refractivity contribution in [3.05, 3.63) is 0 Å². The Morgan fingerprint density at radius 3 is 1.83 bits per heavy atom. The molecule has 0 aromatic heterocycles. The van der Waals surface area contributed by atoms with Gasteiger partial charge in [0.2, 0.25) is 0 Å². The maximum absolute atomic E-state index is 10.8. The minimum atomic E-state index is -1.82. The Morgan fingerprint density at radius 2 is 1.29 bits per heavy atom. The first-order valence-electron chi connectivity index (χ1n) is 11.3. The van der Waals surface area contributed by atoms with E-state index >= 15 is 0 Å². The average molecular weight is 519 g/mol. The van der Waals surface area contributed by atoms with Gasteiger partial charge in [0.05, 0.1) is 32.5 Å². The molecule has 0 aromatic rings. The van der Waals surface area contributed by atoms with Crippen molar-refractivity contribution >= 4 is 0 Å². The van der Waals surface area contributed by atoms with Crippen molar-refractivity contribution in [1.29, 1.82) is 0 Å². The average Bonchev–Trinajstić information content (AvgIpc) is 2.85. The molecule has 0 spiro atoms. The van der Waals surface area contributed by atoms with Crippen molar-refractivity contribution in [2.45, 2.75) is 93.8 Å². The molecular weight excluding hydrogens is 480 g/mol. The second-order valence-electron chi connectivity index (χ2n) is 8.75. The fourth-order valence-corrected chi connectivity index (χ4v) is 3.67. The topological polar surface area (TPSA) is 248 Å². The summed E-state index contributed by atoms with van der Waals surface area (Å²) >= 11 is 0. The summed E-state index contributed by atoms with van der Waals surface area (Å²) in [5, 5.41) is 99.1. The zero-order valence-electron chi connectivity index (χ0n) is 19.4.